The van der Waals surface area contributed by atoms with E-state index in [9.17, 15) is 22.0 Å². The van der Waals surface area contributed by atoms with Gasteiger partial charge in [0, 0.05) is 22.2 Å². The molecule has 1 fully saturated rings. The maximum absolute atomic E-state index is 14.6. The molecule has 1 saturated heterocycles. The van der Waals surface area contributed by atoms with Crippen LogP contribution in [-0.4, -0.2) is 55.1 Å². The number of carbonyl (C=O) groups excluding carboxylic acids is 1. The van der Waals surface area contributed by atoms with Gasteiger partial charge in [-0.1, -0.05) is 0 Å². The number of ether oxygens (including phenoxy) is 2. The molecule has 3 heterocycles. The molecule has 3 atom stereocenters. The molecule has 2 aromatic rings. The molecule has 34 heavy (non-hydrogen) atoms. The molecular weight excluding hydrogens is 470 g/mol. The van der Waals surface area contributed by atoms with Crippen molar-refractivity contribution in [1.29, 1.82) is 0 Å². The molecule has 2 N–H and O–H groups in total. The van der Waals surface area contributed by atoms with Gasteiger partial charge in [0.25, 0.3) is 0 Å². The summed E-state index contributed by atoms with van der Waals surface area (Å²) in [5, 5.41) is 5.52. The van der Waals surface area contributed by atoms with Crippen LogP contribution in [0.15, 0.2) is 24.4 Å². The van der Waals surface area contributed by atoms with Gasteiger partial charge in [-0.3, -0.25) is 4.90 Å². The van der Waals surface area contributed by atoms with Crippen LogP contribution in [0.25, 0.3) is 0 Å². The third-order valence-corrected chi connectivity index (χ3v) is 6.86. The summed E-state index contributed by atoms with van der Waals surface area (Å²) in [6.07, 6.45) is 1.54. The molecule has 2 aliphatic rings. The Kier molecular flexibility index (Phi) is 6.42. The normalized spacial score (nSPS) is 23.5. The highest BCUT2D eigenvalue weighted by molar-refractivity contribution is 7.84. The number of aromatic amines is 1. The van der Waals surface area contributed by atoms with Crippen molar-refractivity contribution < 1.29 is 35.6 Å². The fraction of sp³-hybridized carbons (Fsp3) is 0.545. The van der Waals surface area contributed by atoms with Crippen LogP contribution in [0.3, 0.4) is 0 Å². The van der Waals surface area contributed by atoms with E-state index >= 15 is 0 Å². The quantitative estimate of drug-likeness (QED) is 0.625. The number of nitrogens with one attached hydrogen (secondary N) is 2. The monoisotopic (exact) mass is 499 g/mol. The van der Waals surface area contributed by atoms with E-state index in [0.29, 0.717) is 25.2 Å². The molecule has 1 aromatic carbocycles. The number of hydrogen-bond acceptors (Lipinski definition) is 6. The zero-order valence-corrected chi connectivity index (χ0v) is 20.3. The fourth-order valence-corrected chi connectivity index (χ4v) is 5.27. The van der Waals surface area contributed by atoms with Gasteiger partial charge in [-0.05, 0) is 45.4 Å². The Balaban J connectivity index is 1.56. The van der Waals surface area contributed by atoms with Gasteiger partial charge in [-0.2, -0.15) is 13.5 Å². The van der Waals surface area contributed by atoms with Crippen molar-refractivity contribution in [2.75, 3.05) is 12.9 Å². The number of aromatic nitrogens is 2. The number of benzene rings is 1. The summed E-state index contributed by atoms with van der Waals surface area (Å²) < 4.78 is 65.0. The first-order chi connectivity index (χ1) is 15.8. The summed E-state index contributed by atoms with van der Waals surface area (Å²) in [7, 11) is -3.48. The van der Waals surface area contributed by atoms with E-state index in [1.54, 1.807) is 27.0 Å². The summed E-state index contributed by atoms with van der Waals surface area (Å²) in [5.41, 5.74) is 0.760. The molecular formula is C22H29F2N4O5S+. The summed E-state index contributed by atoms with van der Waals surface area (Å²) in [5.74, 6) is -1.24. The summed E-state index contributed by atoms with van der Waals surface area (Å²) in [6.45, 7) is 6.22. The van der Waals surface area contributed by atoms with E-state index in [0.717, 1.165) is 34.1 Å². The van der Waals surface area contributed by atoms with E-state index in [1.165, 1.54) is 0 Å². The minimum absolute atomic E-state index is 0.0161. The number of halogens is 2. The molecule has 4 rings (SSSR count). The van der Waals surface area contributed by atoms with E-state index in [-0.39, 0.29) is 18.2 Å². The number of rotatable bonds is 4. The molecule has 2 aliphatic heterocycles. The van der Waals surface area contributed by atoms with Gasteiger partial charge in [0.1, 0.15) is 29.6 Å². The van der Waals surface area contributed by atoms with Gasteiger partial charge >= 0.3 is 16.1 Å². The lowest BCUT2D eigenvalue weighted by atomic mass is 9.92. The first-order valence-corrected chi connectivity index (χ1v) is 12.8. The standard InChI is InChI=1S/C22H28F2N4O5S/c1-22(2,3)33-21(29)26-18-8-15(12-32-20(18)16-7-14(23)5-6-17(16)24)27-10-13-9-25-28(19(13)11-27)34(4,30)31/h5-7,9,15,18,20H,8,10-12H2,1-4H3,(H,26,29)/p+1/t15-,18+,20?/m1/s1. The second kappa shape index (κ2) is 8.90. The highest BCUT2D eigenvalue weighted by Crippen LogP contribution is 2.35. The lowest BCUT2D eigenvalue weighted by Gasteiger charge is -2.40. The second-order valence-corrected chi connectivity index (χ2v) is 11.6. The Morgan fingerprint density at radius 2 is 2.03 bits per heavy atom. The third kappa shape index (κ3) is 5.23. The van der Waals surface area contributed by atoms with Crippen LogP contribution in [0, 0.1) is 11.6 Å². The number of nitrogens with zero attached hydrogens (tertiary/aromatic N) is 2. The lowest BCUT2D eigenvalue weighted by Crippen LogP contribution is -2.52. The molecule has 0 radical (unpaired) electrons. The molecule has 1 amide bonds. The van der Waals surface area contributed by atoms with Gasteiger partial charge in [0.2, 0.25) is 5.69 Å². The number of hydrogen-bond donors (Lipinski definition) is 2. The first kappa shape index (κ1) is 24.6. The third-order valence-electron chi connectivity index (χ3n) is 5.87. The number of amides is 1. The van der Waals surface area contributed by atoms with E-state index in [4.69, 9.17) is 9.47 Å². The highest BCUT2D eigenvalue weighted by Gasteiger charge is 2.42. The lowest BCUT2D eigenvalue weighted by molar-refractivity contribution is -0.583. The van der Waals surface area contributed by atoms with E-state index in [2.05, 4.69) is 10.4 Å². The summed E-state index contributed by atoms with van der Waals surface area (Å²) in [6, 6.07) is 2.22. The molecule has 0 bridgehead atoms. The van der Waals surface area contributed by atoms with Crippen molar-refractivity contribution in [3.63, 3.8) is 0 Å². The van der Waals surface area contributed by atoms with E-state index < -0.39 is 45.5 Å². The van der Waals surface area contributed by atoms with Crippen LogP contribution in [0.2, 0.25) is 0 Å². The van der Waals surface area contributed by atoms with Crippen molar-refractivity contribution in [2.45, 2.75) is 64.1 Å². The first-order valence-electron chi connectivity index (χ1n) is 10.9. The molecule has 12 heteroatoms. The largest absolute Gasteiger partial charge is 0.444 e. The van der Waals surface area contributed by atoms with Crippen molar-refractivity contribution in [3.8, 4) is 0 Å². The fourth-order valence-electron chi connectivity index (χ4n) is 4.45. The highest BCUT2D eigenvalue weighted by atomic mass is 32.2. The maximum atomic E-state index is 14.6. The Labute approximate surface area is 197 Å². The number of fused-ring (bicyclic) bond motifs is 1. The van der Waals surface area contributed by atoms with Gasteiger partial charge < -0.3 is 14.8 Å². The number of H-pyrrole nitrogens is 1. The van der Waals surface area contributed by atoms with Crippen LogP contribution in [0.5, 0.6) is 0 Å². The predicted molar refractivity (Wildman–Crippen MR) is 117 cm³/mol. The van der Waals surface area contributed by atoms with Gasteiger partial charge in [0.15, 0.2) is 0 Å². The SMILES string of the molecule is CC(C)(C)OC(=O)N[C@H]1C[C@@H](N2Cc3c[nH][n+](S(C)(=O)=O)c3C2)COC1c1cc(F)ccc1F. The zero-order valence-electron chi connectivity index (χ0n) is 19.5. The Morgan fingerprint density at radius 3 is 2.71 bits per heavy atom. The van der Waals surface area contributed by atoms with Crippen LogP contribution in [-0.2, 0) is 32.6 Å². The number of alkyl carbamates (subject to hydrolysis) is 1. The minimum atomic E-state index is -3.48. The summed E-state index contributed by atoms with van der Waals surface area (Å²) in [4.78, 5) is 14.6. The molecule has 186 valence electrons. The average molecular weight is 500 g/mol. The van der Waals surface area contributed by atoms with Crippen LogP contribution < -0.4 is 9.40 Å². The molecule has 0 aliphatic carbocycles. The van der Waals surface area contributed by atoms with Gasteiger partial charge in [-0.25, -0.2) is 13.6 Å². The molecule has 1 aromatic heterocycles. The Bertz CT molecular complexity index is 1190. The van der Waals surface area contributed by atoms with Crippen LogP contribution in [0.1, 0.15) is 50.1 Å². The molecule has 0 saturated carbocycles. The Morgan fingerprint density at radius 1 is 1.29 bits per heavy atom. The molecule has 1 unspecified atom stereocenters. The number of carbonyl (C=O) groups is 1. The van der Waals surface area contributed by atoms with Gasteiger partial charge in [0.05, 0.1) is 31.0 Å². The zero-order chi connectivity index (χ0) is 24.8. The van der Waals surface area contributed by atoms with E-state index in [1.807, 2.05) is 4.90 Å². The Hall–Kier alpha value is -2.57. The van der Waals surface area contributed by atoms with Crippen LogP contribution >= 0.6 is 0 Å². The maximum Gasteiger partial charge on any atom is 0.407 e. The smallest absolute Gasteiger partial charge is 0.407 e. The topological polar surface area (TPSA) is 105 Å². The molecule has 9 nitrogen and oxygen atoms in total. The van der Waals surface area contributed by atoms with Crippen molar-refractivity contribution in [2.24, 2.45) is 0 Å². The van der Waals surface area contributed by atoms with Gasteiger partial charge in [-0.15, -0.1) is 0 Å². The molecule has 0 spiro atoms. The van der Waals surface area contributed by atoms with Crippen molar-refractivity contribution in [3.05, 3.63) is 52.9 Å². The van der Waals surface area contributed by atoms with Crippen molar-refractivity contribution in [1.82, 2.24) is 15.3 Å². The predicted octanol–water partition coefficient (Wildman–Crippen LogP) is 2.13. The van der Waals surface area contributed by atoms with Crippen LogP contribution in [0.4, 0.5) is 13.6 Å². The minimum Gasteiger partial charge on any atom is -0.444 e. The average Bonchev–Trinajstić information content (AvgIpc) is 3.28. The second-order valence-electron chi connectivity index (χ2n) is 9.74. The van der Waals surface area contributed by atoms with Crippen molar-refractivity contribution >= 4 is 16.1 Å². The summed E-state index contributed by atoms with van der Waals surface area (Å²) >= 11 is 0.